The van der Waals surface area contributed by atoms with Crippen molar-refractivity contribution in [2.24, 2.45) is 0 Å². The molecule has 2 rings (SSSR count). The second-order valence-corrected chi connectivity index (χ2v) is 5.50. The Labute approximate surface area is 140 Å². The van der Waals surface area contributed by atoms with Crippen LogP contribution in [0.5, 0.6) is 0 Å². The first-order valence-corrected chi connectivity index (χ1v) is 7.70. The lowest BCUT2D eigenvalue weighted by Gasteiger charge is -2.15. The molecule has 0 bridgehead atoms. The molecule has 2 heterocycles. The lowest BCUT2D eigenvalue weighted by atomic mass is 10.1. The molecule has 24 heavy (non-hydrogen) atoms. The zero-order valence-electron chi connectivity index (χ0n) is 14.0. The van der Waals surface area contributed by atoms with E-state index in [-0.39, 0.29) is 17.9 Å². The van der Waals surface area contributed by atoms with Crippen molar-refractivity contribution in [3.05, 3.63) is 47.3 Å². The Kier molecular flexibility index (Phi) is 5.47. The summed E-state index contributed by atoms with van der Waals surface area (Å²) in [5.41, 5.74) is 7.50. The number of amides is 2. The summed E-state index contributed by atoms with van der Waals surface area (Å²) in [6.45, 7) is 5.38. The average molecular weight is 327 g/mol. The number of nitrogen functional groups attached to an aromatic ring is 1. The molecule has 0 radical (unpaired) electrons. The highest BCUT2D eigenvalue weighted by Crippen LogP contribution is 2.15. The number of anilines is 2. The average Bonchev–Trinajstić information content (AvgIpc) is 2.54. The van der Waals surface area contributed by atoms with E-state index in [1.54, 1.807) is 38.2 Å². The summed E-state index contributed by atoms with van der Waals surface area (Å²) < 4.78 is 0. The van der Waals surface area contributed by atoms with Gasteiger partial charge in [-0.15, -0.1) is 0 Å². The third kappa shape index (κ3) is 4.52. The maximum Gasteiger partial charge on any atom is 0.251 e. The van der Waals surface area contributed by atoms with Gasteiger partial charge >= 0.3 is 0 Å². The van der Waals surface area contributed by atoms with E-state index >= 15 is 0 Å². The van der Waals surface area contributed by atoms with Gasteiger partial charge in [0.05, 0.1) is 6.04 Å². The van der Waals surface area contributed by atoms with Gasteiger partial charge in [0.2, 0.25) is 5.91 Å². The summed E-state index contributed by atoms with van der Waals surface area (Å²) in [6, 6.07) is 6.51. The maximum absolute atomic E-state index is 12.5. The Morgan fingerprint density at radius 2 is 2.04 bits per heavy atom. The van der Waals surface area contributed by atoms with Crippen LogP contribution in [0, 0.1) is 6.92 Å². The number of aromatic nitrogens is 2. The SMILES string of the molecule is CCC(=O)Nc1cc(C(=O)NC(C)c2ccc(N)nc2)cc(C)n1. The molecule has 2 aromatic heterocycles. The smallest absolute Gasteiger partial charge is 0.251 e. The molecule has 126 valence electrons. The standard InChI is InChI=1S/C17H21N5O2/c1-4-16(23)22-15-8-13(7-10(2)20-15)17(24)21-11(3)12-5-6-14(18)19-9-12/h5-9,11H,4H2,1-3H3,(H2,18,19)(H,21,24)(H,20,22,23). The van der Waals surface area contributed by atoms with Gasteiger partial charge in [-0.2, -0.15) is 0 Å². The van der Waals surface area contributed by atoms with Gasteiger partial charge in [-0.05, 0) is 37.6 Å². The number of rotatable bonds is 5. The van der Waals surface area contributed by atoms with Crippen molar-refractivity contribution in [3.8, 4) is 0 Å². The minimum atomic E-state index is -0.253. The van der Waals surface area contributed by atoms with Crippen LogP contribution in [0.15, 0.2) is 30.5 Å². The van der Waals surface area contributed by atoms with Crippen LogP contribution >= 0.6 is 0 Å². The Hall–Kier alpha value is -2.96. The first-order chi connectivity index (χ1) is 11.4. The van der Waals surface area contributed by atoms with Crippen molar-refractivity contribution in [1.82, 2.24) is 15.3 Å². The number of nitrogens with zero attached hydrogens (tertiary/aromatic N) is 2. The summed E-state index contributed by atoms with van der Waals surface area (Å²) in [4.78, 5) is 32.2. The highest BCUT2D eigenvalue weighted by molar-refractivity contribution is 5.96. The van der Waals surface area contributed by atoms with E-state index in [9.17, 15) is 9.59 Å². The van der Waals surface area contributed by atoms with Crippen molar-refractivity contribution in [2.45, 2.75) is 33.2 Å². The third-order valence-electron chi connectivity index (χ3n) is 3.46. The Balaban J connectivity index is 2.14. The molecule has 0 aromatic carbocycles. The Morgan fingerprint density at radius 1 is 1.29 bits per heavy atom. The molecule has 2 aromatic rings. The maximum atomic E-state index is 12.5. The monoisotopic (exact) mass is 327 g/mol. The van der Waals surface area contributed by atoms with Crippen LogP contribution in [0.3, 0.4) is 0 Å². The molecule has 2 amide bonds. The molecular formula is C17H21N5O2. The predicted octanol–water partition coefficient (Wildman–Crippen LogP) is 2.21. The van der Waals surface area contributed by atoms with E-state index in [2.05, 4.69) is 20.6 Å². The van der Waals surface area contributed by atoms with Crippen LogP contribution < -0.4 is 16.4 Å². The highest BCUT2D eigenvalue weighted by atomic mass is 16.2. The van der Waals surface area contributed by atoms with Gasteiger partial charge in [0.1, 0.15) is 11.6 Å². The van der Waals surface area contributed by atoms with E-state index in [1.165, 1.54) is 0 Å². The molecule has 0 aliphatic rings. The topological polar surface area (TPSA) is 110 Å². The number of nitrogens with two attached hydrogens (primary N) is 1. The second kappa shape index (κ2) is 7.54. The molecule has 4 N–H and O–H groups in total. The molecule has 1 atom stereocenters. The van der Waals surface area contributed by atoms with Crippen LogP contribution in [0.4, 0.5) is 11.6 Å². The third-order valence-corrected chi connectivity index (χ3v) is 3.46. The van der Waals surface area contributed by atoms with Crippen molar-refractivity contribution in [2.75, 3.05) is 11.1 Å². The van der Waals surface area contributed by atoms with E-state index in [4.69, 9.17) is 5.73 Å². The van der Waals surface area contributed by atoms with Crippen LogP contribution in [-0.4, -0.2) is 21.8 Å². The molecule has 0 spiro atoms. The van der Waals surface area contributed by atoms with Crippen molar-refractivity contribution >= 4 is 23.5 Å². The molecule has 7 nitrogen and oxygen atoms in total. The fourth-order valence-corrected chi connectivity index (χ4v) is 2.13. The van der Waals surface area contributed by atoms with E-state index in [0.29, 0.717) is 29.3 Å². The van der Waals surface area contributed by atoms with Gasteiger partial charge < -0.3 is 16.4 Å². The number of hydrogen-bond donors (Lipinski definition) is 3. The zero-order chi connectivity index (χ0) is 17.7. The molecule has 0 saturated carbocycles. The lowest BCUT2D eigenvalue weighted by molar-refractivity contribution is -0.115. The normalized spacial score (nSPS) is 11.6. The predicted molar refractivity (Wildman–Crippen MR) is 92.4 cm³/mol. The van der Waals surface area contributed by atoms with Gasteiger partial charge in [0.25, 0.3) is 5.91 Å². The molecule has 0 saturated heterocycles. The van der Waals surface area contributed by atoms with Crippen LogP contribution in [0.2, 0.25) is 0 Å². The molecule has 1 unspecified atom stereocenters. The molecule has 0 fully saturated rings. The quantitative estimate of drug-likeness (QED) is 0.780. The second-order valence-electron chi connectivity index (χ2n) is 5.50. The Morgan fingerprint density at radius 3 is 2.67 bits per heavy atom. The van der Waals surface area contributed by atoms with Crippen LogP contribution in [0.1, 0.15) is 47.9 Å². The first kappa shape index (κ1) is 17.4. The largest absolute Gasteiger partial charge is 0.384 e. The van der Waals surface area contributed by atoms with Crippen molar-refractivity contribution in [1.29, 1.82) is 0 Å². The van der Waals surface area contributed by atoms with Gasteiger partial charge in [0, 0.05) is 23.9 Å². The van der Waals surface area contributed by atoms with Crippen LogP contribution in [0.25, 0.3) is 0 Å². The van der Waals surface area contributed by atoms with Gasteiger partial charge in [-0.1, -0.05) is 13.0 Å². The van der Waals surface area contributed by atoms with Gasteiger partial charge in [-0.3, -0.25) is 9.59 Å². The lowest BCUT2D eigenvalue weighted by Crippen LogP contribution is -2.27. The summed E-state index contributed by atoms with van der Waals surface area (Å²) >= 11 is 0. The minimum Gasteiger partial charge on any atom is -0.384 e. The number of carbonyl (C=O) groups is 2. The minimum absolute atomic E-state index is 0.152. The fraction of sp³-hybridized carbons (Fsp3) is 0.294. The van der Waals surface area contributed by atoms with E-state index in [1.807, 2.05) is 13.0 Å². The number of hydrogen-bond acceptors (Lipinski definition) is 5. The zero-order valence-corrected chi connectivity index (χ0v) is 14.0. The summed E-state index contributed by atoms with van der Waals surface area (Å²) in [5, 5.41) is 5.56. The Bertz CT molecular complexity index is 743. The highest BCUT2D eigenvalue weighted by Gasteiger charge is 2.14. The molecule has 0 aliphatic heterocycles. The number of aryl methyl sites for hydroxylation is 1. The van der Waals surface area contributed by atoms with E-state index < -0.39 is 0 Å². The number of nitrogens with one attached hydrogen (secondary N) is 2. The summed E-state index contributed by atoms with van der Waals surface area (Å²) in [6.07, 6.45) is 1.98. The first-order valence-electron chi connectivity index (χ1n) is 7.70. The van der Waals surface area contributed by atoms with E-state index in [0.717, 1.165) is 5.56 Å². The number of pyridine rings is 2. The molecule has 7 heteroatoms. The summed E-state index contributed by atoms with van der Waals surface area (Å²) in [5.74, 6) is 0.393. The number of carbonyl (C=O) groups excluding carboxylic acids is 2. The molecular weight excluding hydrogens is 306 g/mol. The van der Waals surface area contributed by atoms with Gasteiger partial charge in [-0.25, -0.2) is 9.97 Å². The van der Waals surface area contributed by atoms with Gasteiger partial charge in [0.15, 0.2) is 0 Å². The van der Waals surface area contributed by atoms with Crippen molar-refractivity contribution < 1.29 is 9.59 Å². The fourth-order valence-electron chi connectivity index (χ4n) is 2.13. The van der Waals surface area contributed by atoms with Crippen LogP contribution in [-0.2, 0) is 4.79 Å². The summed E-state index contributed by atoms with van der Waals surface area (Å²) in [7, 11) is 0. The molecule has 0 aliphatic carbocycles. The van der Waals surface area contributed by atoms with Crippen molar-refractivity contribution in [3.63, 3.8) is 0 Å².